The Hall–Kier alpha value is -9.62. The Morgan fingerprint density at radius 1 is 0.481 bits per heavy atom. The van der Waals surface area contributed by atoms with E-state index in [4.69, 9.17) is 33.3 Å². The summed E-state index contributed by atoms with van der Waals surface area (Å²) in [6.07, 6.45) is 9.02. The average Bonchev–Trinajstić information content (AvgIpc) is 3.50. The third-order valence-electron chi connectivity index (χ3n) is 11.3. The fourth-order valence-corrected chi connectivity index (χ4v) is 6.96. The fourth-order valence-electron chi connectivity index (χ4n) is 6.96. The number of hydrogen-bond acceptors (Lipinski definition) is 14. The molecule has 14 heteroatoms. The Bertz CT molecular complexity index is 3140. The van der Waals surface area contributed by atoms with Crippen LogP contribution in [-0.2, 0) is 28.8 Å². The maximum atomic E-state index is 12.5. The van der Waals surface area contributed by atoms with Crippen molar-refractivity contribution in [3.63, 3.8) is 0 Å². The molecule has 0 heterocycles. The van der Waals surface area contributed by atoms with Gasteiger partial charge >= 0.3 is 23.9 Å². The second-order valence-electron chi connectivity index (χ2n) is 17.4. The number of benzene rings is 7. The molecule has 0 spiro atoms. The van der Waals surface area contributed by atoms with Crippen LogP contribution in [0.4, 0.5) is 0 Å². The summed E-state index contributed by atoms with van der Waals surface area (Å²) in [5.74, 6) is 2.01. The van der Waals surface area contributed by atoms with E-state index in [0.29, 0.717) is 60.4 Å². The lowest BCUT2D eigenvalue weighted by molar-refractivity contribution is -0.249. The van der Waals surface area contributed by atoms with Gasteiger partial charge in [0, 0.05) is 6.08 Å². The molecule has 0 atom stereocenters. The predicted molar refractivity (Wildman–Crippen MR) is 316 cm³/mol. The third kappa shape index (κ3) is 24.3. The molecule has 0 aliphatic heterocycles. The number of ether oxygens (including phenoxy) is 8. The minimum atomic E-state index is -0.413. The van der Waals surface area contributed by atoms with Crippen LogP contribution in [0.1, 0.15) is 84.6 Å². The lowest BCUT2D eigenvalue weighted by Crippen LogP contribution is -2.08. The summed E-state index contributed by atoms with van der Waals surface area (Å²) in [6.45, 7) is 22.2. The van der Waals surface area contributed by atoms with Crippen LogP contribution in [0.25, 0.3) is 22.9 Å². The van der Waals surface area contributed by atoms with Crippen LogP contribution in [0.3, 0.4) is 0 Å². The normalized spacial score (nSPS) is 9.89. The van der Waals surface area contributed by atoms with Crippen LogP contribution in [0.15, 0.2) is 196 Å². The zero-order valence-corrected chi connectivity index (χ0v) is 46.7. The highest BCUT2D eigenvalue weighted by Crippen LogP contribution is 2.23. The maximum Gasteiger partial charge on any atom is 0.343 e. The standard InChI is InChI=1S/C25H24O5.C17H18O2.C15H18O5.C10H10O2/c1-3-14-28-29-16-5-4-15-27-23-10-12-24(13-11-23)30-25(26)22-9-8-20-17-19(2)6-7-21(20)18-22;1-4-15-6-8-16(9-7-15)18-12-19-17-10-5-13(2)11-14(17)3;1-3-14(16)20-11-5-4-10-19-13-8-6-12(7-9-13)15(17)18-2;1-3-8-4-6-9(7-5-8)10(11)12-2/h6-14,17-18H,1,4-5,15-16H2,2H3;4-11H,1,12H2,2-3H3;3,6-9H,1,4-5,10-11H2,2H3;3-7H,1H2,2H3. The summed E-state index contributed by atoms with van der Waals surface area (Å²) in [7, 11) is 2.70. The van der Waals surface area contributed by atoms with Gasteiger partial charge in [0.2, 0.25) is 6.79 Å². The molecule has 422 valence electrons. The summed E-state index contributed by atoms with van der Waals surface area (Å²) in [5, 5.41) is 2.11. The Labute approximate surface area is 475 Å². The Morgan fingerprint density at radius 3 is 1.52 bits per heavy atom. The van der Waals surface area contributed by atoms with E-state index in [9.17, 15) is 19.2 Å². The summed E-state index contributed by atoms with van der Waals surface area (Å²) < 4.78 is 41.8. The van der Waals surface area contributed by atoms with Crippen molar-refractivity contribution >= 4 is 46.8 Å². The van der Waals surface area contributed by atoms with Crippen molar-refractivity contribution in [1.82, 2.24) is 0 Å². The van der Waals surface area contributed by atoms with Crippen molar-refractivity contribution < 1.29 is 66.8 Å². The van der Waals surface area contributed by atoms with Gasteiger partial charge in [-0.1, -0.05) is 116 Å². The molecule has 0 aliphatic carbocycles. The highest BCUT2D eigenvalue weighted by molar-refractivity contribution is 5.96. The fraction of sp³-hybridized carbons (Fsp3) is 0.209. The topological polar surface area (TPSA) is 161 Å². The van der Waals surface area contributed by atoms with E-state index in [1.54, 1.807) is 78.9 Å². The van der Waals surface area contributed by atoms with Crippen molar-refractivity contribution in [3.8, 4) is 28.7 Å². The van der Waals surface area contributed by atoms with Gasteiger partial charge in [-0.3, -0.25) is 0 Å². The van der Waals surface area contributed by atoms with E-state index in [0.717, 1.165) is 70.7 Å². The molecular weight excluding hydrogens is 1030 g/mol. The maximum absolute atomic E-state index is 12.5. The molecule has 0 radical (unpaired) electrons. The van der Waals surface area contributed by atoms with Crippen LogP contribution >= 0.6 is 0 Å². The van der Waals surface area contributed by atoms with Gasteiger partial charge in [-0.15, -0.1) is 0 Å². The van der Waals surface area contributed by atoms with E-state index in [2.05, 4.69) is 65.5 Å². The van der Waals surface area contributed by atoms with Crippen LogP contribution in [0.2, 0.25) is 0 Å². The monoisotopic (exact) mass is 1100 g/mol. The lowest BCUT2D eigenvalue weighted by atomic mass is 10.0. The Morgan fingerprint density at radius 2 is 0.951 bits per heavy atom. The molecule has 0 fully saturated rings. The summed E-state index contributed by atoms with van der Waals surface area (Å²) >= 11 is 0. The summed E-state index contributed by atoms with van der Waals surface area (Å²) in [4.78, 5) is 55.0. The van der Waals surface area contributed by atoms with Crippen LogP contribution < -0.4 is 23.7 Å². The number of unbranched alkanes of at least 4 members (excludes halogenated alkanes) is 2. The zero-order valence-electron chi connectivity index (χ0n) is 46.7. The summed E-state index contributed by atoms with van der Waals surface area (Å²) in [6, 6.07) is 46.3. The van der Waals surface area contributed by atoms with Gasteiger partial charge in [0.05, 0.1) is 57.3 Å². The molecule has 0 saturated carbocycles. The van der Waals surface area contributed by atoms with Crippen molar-refractivity contribution in [1.29, 1.82) is 0 Å². The molecule has 14 nitrogen and oxygen atoms in total. The largest absolute Gasteiger partial charge is 0.494 e. The average molecular weight is 1100 g/mol. The van der Waals surface area contributed by atoms with Crippen molar-refractivity contribution in [2.45, 2.75) is 46.5 Å². The molecule has 0 saturated heterocycles. The van der Waals surface area contributed by atoms with Crippen molar-refractivity contribution in [2.75, 3.05) is 47.4 Å². The quantitative estimate of drug-likeness (QED) is 0.00508. The minimum absolute atomic E-state index is 0.206. The second-order valence-corrected chi connectivity index (χ2v) is 17.4. The van der Waals surface area contributed by atoms with E-state index in [1.165, 1.54) is 31.6 Å². The van der Waals surface area contributed by atoms with Gasteiger partial charge in [-0.2, -0.15) is 4.89 Å². The number of carbonyl (C=O) groups is 4. The van der Waals surface area contributed by atoms with Gasteiger partial charge in [0.1, 0.15) is 28.7 Å². The molecule has 0 unspecified atom stereocenters. The minimum Gasteiger partial charge on any atom is -0.494 e. The number of rotatable bonds is 25. The van der Waals surface area contributed by atoms with E-state index in [-0.39, 0.29) is 24.7 Å². The zero-order chi connectivity index (χ0) is 58.6. The van der Waals surface area contributed by atoms with Crippen LogP contribution in [-0.4, -0.2) is 71.3 Å². The molecule has 0 N–H and O–H groups in total. The number of esters is 4. The Balaban J connectivity index is 0.000000244. The van der Waals surface area contributed by atoms with Crippen LogP contribution in [0, 0.1) is 20.8 Å². The van der Waals surface area contributed by atoms with Gasteiger partial charge in [0.25, 0.3) is 0 Å². The smallest absolute Gasteiger partial charge is 0.343 e. The first-order valence-corrected chi connectivity index (χ1v) is 25.8. The number of methoxy groups -OCH3 is 2. The van der Waals surface area contributed by atoms with E-state index in [1.807, 2.05) is 86.6 Å². The second kappa shape index (κ2) is 36.5. The molecule has 7 aromatic rings. The number of aryl methyl sites for hydroxylation is 3. The predicted octanol–water partition coefficient (Wildman–Crippen LogP) is 14.6. The number of fused-ring (bicyclic) bond motifs is 1. The van der Waals surface area contributed by atoms with E-state index < -0.39 is 5.97 Å². The van der Waals surface area contributed by atoms with Crippen LogP contribution in [0.5, 0.6) is 28.7 Å². The molecule has 0 aromatic heterocycles. The van der Waals surface area contributed by atoms with Gasteiger partial charge in [-0.05, 0) is 165 Å². The Kier molecular flexibility index (Phi) is 28.8. The molecule has 7 rings (SSSR count). The SMILES string of the molecule is C=C=COOCCCCOc1ccc(OC(=O)c2ccc3cc(C)ccc3c2)cc1.C=CC(=O)OCCCCOc1ccc(C(=O)OC)cc1.C=Cc1ccc(C(=O)OC)cc1.C=Cc1ccc(OCOc2ccc(C)cc2C)cc1. The first-order valence-electron chi connectivity index (χ1n) is 25.8. The lowest BCUT2D eigenvalue weighted by Gasteiger charge is -2.11. The molecule has 0 amide bonds. The third-order valence-corrected chi connectivity index (χ3v) is 11.3. The summed E-state index contributed by atoms with van der Waals surface area (Å²) in [5.41, 5.74) is 9.59. The number of hydrogen-bond donors (Lipinski definition) is 0. The molecule has 0 bridgehead atoms. The van der Waals surface area contributed by atoms with Crippen molar-refractivity contribution in [2.24, 2.45) is 0 Å². The number of carbonyl (C=O) groups excluding carboxylic acids is 4. The van der Waals surface area contributed by atoms with E-state index >= 15 is 0 Å². The highest BCUT2D eigenvalue weighted by atomic mass is 17.2. The highest BCUT2D eigenvalue weighted by Gasteiger charge is 2.11. The molecule has 81 heavy (non-hydrogen) atoms. The molecule has 7 aromatic carbocycles. The first kappa shape index (κ1) is 63.9. The van der Waals surface area contributed by atoms with Gasteiger partial charge in [0.15, 0.2) is 6.26 Å². The molecule has 0 aliphatic rings. The molecular formula is C67H70O14. The van der Waals surface area contributed by atoms with Gasteiger partial charge < -0.3 is 42.8 Å². The van der Waals surface area contributed by atoms with Gasteiger partial charge in [-0.25, -0.2) is 19.2 Å². The first-order chi connectivity index (χ1) is 39.3. The van der Waals surface area contributed by atoms with Crippen molar-refractivity contribution in [3.05, 3.63) is 241 Å².